The second-order valence-electron chi connectivity index (χ2n) is 2.60. The molecule has 3 heteroatoms. The van der Waals surface area contributed by atoms with Gasteiger partial charge >= 0.3 is 0 Å². The van der Waals surface area contributed by atoms with Gasteiger partial charge in [-0.15, -0.1) is 0 Å². The number of hydrogen-bond donors (Lipinski definition) is 2. The first-order chi connectivity index (χ1) is 6.22. The molecule has 13 heavy (non-hydrogen) atoms. The molecular formula is C10H12N2S. The predicted molar refractivity (Wildman–Crippen MR) is 59.7 cm³/mol. The summed E-state index contributed by atoms with van der Waals surface area (Å²) in [5.41, 5.74) is 7.51. The largest absolute Gasteiger partial charge is 0.379 e. The maximum Gasteiger partial charge on any atom is 0.151 e. The number of rotatable bonds is 3. The predicted octanol–water partition coefficient (Wildman–Crippen LogP) is 2.46. The molecule has 0 saturated heterocycles. The maximum atomic E-state index is 7.05. The lowest BCUT2D eigenvalue weighted by molar-refractivity contribution is 1.41. The van der Waals surface area contributed by atoms with E-state index in [9.17, 15) is 0 Å². The number of hydrogen-bond acceptors (Lipinski definition) is 2. The van der Waals surface area contributed by atoms with Gasteiger partial charge in [0.25, 0.3) is 0 Å². The van der Waals surface area contributed by atoms with Gasteiger partial charge in [0.2, 0.25) is 0 Å². The third-order valence-electron chi connectivity index (χ3n) is 1.61. The smallest absolute Gasteiger partial charge is 0.151 e. The zero-order chi connectivity index (χ0) is 9.68. The van der Waals surface area contributed by atoms with Crippen LogP contribution in [0.4, 0.5) is 0 Å². The summed E-state index contributed by atoms with van der Waals surface area (Å²) in [6, 6.07) is 8.05. The molecule has 1 aromatic rings. The van der Waals surface area contributed by atoms with Crippen molar-refractivity contribution in [3.8, 4) is 0 Å². The van der Waals surface area contributed by atoms with Crippen molar-refractivity contribution in [1.29, 1.82) is 5.41 Å². The van der Waals surface area contributed by atoms with Crippen LogP contribution < -0.4 is 5.73 Å². The summed E-state index contributed by atoms with van der Waals surface area (Å²) in [7, 11) is 0. The Morgan fingerprint density at radius 1 is 1.46 bits per heavy atom. The molecule has 0 radical (unpaired) electrons. The molecule has 0 unspecified atom stereocenters. The van der Waals surface area contributed by atoms with E-state index in [0.29, 0.717) is 0 Å². The molecule has 0 spiro atoms. The fourth-order valence-corrected chi connectivity index (χ4v) is 1.43. The molecule has 1 rings (SSSR count). The van der Waals surface area contributed by atoms with Gasteiger partial charge in [-0.25, -0.2) is 0 Å². The molecule has 1 aromatic carbocycles. The second kappa shape index (κ2) is 4.72. The Labute approximate surface area is 82.3 Å². The monoisotopic (exact) mass is 192 g/mol. The van der Waals surface area contributed by atoms with Crippen LogP contribution in [0.5, 0.6) is 0 Å². The molecule has 0 amide bonds. The van der Waals surface area contributed by atoms with Gasteiger partial charge in [0.1, 0.15) is 0 Å². The third kappa shape index (κ3) is 3.34. The molecule has 0 aliphatic carbocycles. The Morgan fingerprint density at radius 2 is 2.08 bits per heavy atom. The summed E-state index contributed by atoms with van der Waals surface area (Å²) in [4.78, 5) is 0. The Balaban J connectivity index is 2.59. The van der Waals surface area contributed by atoms with E-state index in [4.69, 9.17) is 11.1 Å². The standard InChI is InChI=1S/C10H12N2S/c1-2-8-3-5-9(6-4-8)7-13-10(11)12/h2-6H,1,7H2,(H3,11,12). The summed E-state index contributed by atoms with van der Waals surface area (Å²) in [6.07, 6.45) is 1.81. The van der Waals surface area contributed by atoms with E-state index in [1.165, 1.54) is 17.3 Å². The normalized spacial score (nSPS) is 9.54. The van der Waals surface area contributed by atoms with Gasteiger partial charge in [0.05, 0.1) is 0 Å². The van der Waals surface area contributed by atoms with Crippen LogP contribution in [0.2, 0.25) is 0 Å². The van der Waals surface area contributed by atoms with Crippen LogP contribution in [0.1, 0.15) is 11.1 Å². The highest BCUT2D eigenvalue weighted by Crippen LogP contribution is 2.12. The maximum absolute atomic E-state index is 7.05. The summed E-state index contributed by atoms with van der Waals surface area (Å²) in [5, 5.41) is 7.21. The van der Waals surface area contributed by atoms with Crippen molar-refractivity contribution in [1.82, 2.24) is 0 Å². The molecular weight excluding hydrogens is 180 g/mol. The van der Waals surface area contributed by atoms with Gasteiger partial charge in [0.15, 0.2) is 5.17 Å². The first-order valence-corrected chi connectivity index (χ1v) is 4.89. The number of amidine groups is 1. The van der Waals surface area contributed by atoms with Gasteiger partial charge in [-0.3, -0.25) is 5.41 Å². The summed E-state index contributed by atoms with van der Waals surface area (Å²) < 4.78 is 0. The summed E-state index contributed by atoms with van der Waals surface area (Å²) in [5.74, 6) is 0.757. The topological polar surface area (TPSA) is 49.9 Å². The van der Waals surface area contributed by atoms with Gasteiger partial charge in [-0.2, -0.15) is 0 Å². The lowest BCUT2D eigenvalue weighted by Crippen LogP contribution is -2.03. The summed E-state index contributed by atoms with van der Waals surface area (Å²) in [6.45, 7) is 3.68. The first-order valence-electron chi connectivity index (χ1n) is 3.90. The van der Waals surface area contributed by atoms with Gasteiger partial charge in [-0.1, -0.05) is 48.7 Å². The number of benzene rings is 1. The zero-order valence-electron chi connectivity index (χ0n) is 7.29. The second-order valence-corrected chi connectivity index (χ2v) is 3.62. The van der Waals surface area contributed by atoms with Crippen molar-refractivity contribution in [3.05, 3.63) is 42.0 Å². The van der Waals surface area contributed by atoms with E-state index in [2.05, 4.69) is 6.58 Å². The van der Waals surface area contributed by atoms with E-state index >= 15 is 0 Å². The molecule has 2 nitrogen and oxygen atoms in total. The van der Waals surface area contributed by atoms with Crippen molar-refractivity contribution < 1.29 is 0 Å². The van der Waals surface area contributed by atoms with Crippen molar-refractivity contribution in [2.45, 2.75) is 5.75 Å². The van der Waals surface area contributed by atoms with Gasteiger partial charge in [-0.05, 0) is 11.1 Å². The number of nitrogens with one attached hydrogen (secondary N) is 1. The van der Waals surface area contributed by atoms with Crippen LogP contribution in [-0.4, -0.2) is 5.17 Å². The highest BCUT2D eigenvalue weighted by Gasteiger charge is 1.94. The first kappa shape index (κ1) is 9.86. The molecule has 68 valence electrons. The minimum absolute atomic E-state index is 0.160. The Bertz CT molecular complexity index is 303. The molecule has 0 aliphatic rings. The van der Waals surface area contributed by atoms with Crippen LogP contribution in [0.3, 0.4) is 0 Å². The average Bonchev–Trinajstić information content (AvgIpc) is 2.15. The fourth-order valence-electron chi connectivity index (χ4n) is 0.911. The minimum Gasteiger partial charge on any atom is -0.379 e. The van der Waals surface area contributed by atoms with Crippen LogP contribution in [0, 0.1) is 5.41 Å². The van der Waals surface area contributed by atoms with Crippen LogP contribution in [0.15, 0.2) is 30.8 Å². The number of nitrogens with two attached hydrogens (primary N) is 1. The summed E-state index contributed by atoms with van der Waals surface area (Å²) >= 11 is 1.33. The minimum atomic E-state index is 0.160. The van der Waals surface area contributed by atoms with Crippen LogP contribution in [0.25, 0.3) is 6.08 Å². The molecule has 0 atom stereocenters. The van der Waals surface area contributed by atoms with E-state index < -0.39 is 0 Å². The SMILES string of the molecule is C=Cc1ccc(CSC(=N)N)cc1. The fraction of sp³-hybridized carbons (Fsp3) is 0.100. The lowest BCUT2D eigenvalue weighted by atomic mass is 10.1. The zero-order valence-corrected chi connectivity index (χ0v) is 8.10. The van der Waals surface area contributed by atoms with E-state index in [1.54, 1.807) is 0 Å². The molecule has 0 aromatic heterocycles. The Kier molecular flexibility index (Phi) is 3.58. The van der Waals surface area contributed by atoms with Crippen molar-refractivity contribution in [2.75, 3.05) is 0 Å². The molecule has 0 fully saturated rings. The molecule has 0 saturated carbocycles. The number of thioether (sulfide) groups is 1. The molecule has 0 aliphatic heterocycles. The highest BCUT2D eigenvalue weighted by atomic mass is 32.2. The van der Waals surface area contributed by atoms with Crippen molar-refractivity contribution in [2.24, 2.45) is 5.73 Å². The third-order valence-corrected chi connectivity index (χ3v) is 2.40. The van der Waals surface area contributed by atoms with Crippen LogP contribution >= 0.6 is 11.8 Å². The quantitative estimate of drug-likeness (QED) is 0.571. The van der Waals surface area contributed by atoms with Gasteiger partial charge in [0, 0.05) is 5.75 Å². The van der Waals surface area contributed by atoms with Crippen LogP contribution in [-0.2, 0) is 5.75 Å². The highest BCUT2D eigenvalue weighted by molar-refractivity contribution is 8.13. The van der Waals surface area contributed by atoms with Crippen molar-refractivity contribution in [3.63, 3.8) is 0 Å². The lowest BCUT2D eigenvalue weighted by Gasteiger charge is -2.00. The van der Waals surface area contributed by atoms with E-state index in [1.807, 2.05) is 30.3 Å². The van der Waals surface area contributed by atoms with E-state index in [-0.39, 0.29) is 5.17 Å². The van der Waals surface area contributed by atoms with Gasteiger partial charge < -0.3 is 5.73 Å². The van der Waals surface area contributed by atoms with E-state index in [0.717, 1.165) is 11.3 Å². The Hall–Kier alpha value is -1.22. The molecule has 0 bridgehead atoms. The van der Waals surface area contributed by atoms with Crippen molar-refractivity contribution >= 4 is 23.0 Å². The Morgan fingerprint density at radius 3 is 2.54 bits per heavy atom. The molecule has 3 N–H and O–H groups in total. The average molecular weight is 192 g/mol. The molecule has 0 heterocycles.